The first kappa shape index (κ1) is 15.6. The maximum atomic E-state index is 12.2. The highest BCUT2D eigenvalue weighted by Crippen LogP contribution is 2.28. The van der Waals surface area contributed by atoms with Crippen molar-refractivity contribution in [2.24, 2.45) is 0 Å². The summed E-state index contributed by atoms with van der Waals surface area (Å²) in [6.07, 6.45) is 3.39. The fraction of sp³-hybridized carbons (Fsp3) is 0.211. The molecule has 0 aromatic heterocycles. The highest BCUT2D eigenvalue weighted by Gasteiger charge is 2.25. The Bertz CT molecular complexity index is 737. The number of likely N-dealkylation sites (tertiary alicyclic amines) is 1. The summed E-state index contributed by atoms with van der Waals surface area (Å²) in [6.45, 7) is 0.565. The van der Waals surface area contributed by atoms with Crippen molar-refractivity contribution >= 4 is 23.6 Å². The van der Waals surface area contributed by atoms with Crippen LogP contribution in [0.15, 0.2) is 54.2 Å². The summed E-state index contributed by atoms with van der Waals surface area (Å²) in [4.78, 5) is 14.1. The van der Waals surface area contributed by atoms with Gasteiger partial charge in [0.2, 0.25) is 5.91 Å². The summed E-state index contributed by atoms with van der Waals surface area (Å²) in [6, 6.07) is 15.5. The van der Waals surface area contributed by atoms with E-state index in [1.54, 1.807) is 7.11 Å². The summed E-state index contributed by atoms with van der Waals surface area (Å²) < 4.78 is 5.25. The van der Waals surface area contributed by atoms with Crippen molar-refractivity contribution in [3.05, 3.63) is 70.4 Å². The van der Waals surface area contributed by atoms with E-state index >= 15 is 0 Å². The first-order chi connectivity index (χ1) is 11.2. The molecule has 0 spiro atoms. The Morgan fingerprint density at radius 2 is 1.96 bits per heavy atom. The van der Waals surface area contributed by atoms with E-state index in [-0.39, 0.29) is 5.91 Å². The zero-order valence-electron chi connectivity index (χ0n) is 13.0. The summed E-state index contributed by atoms with van der Waals surface area (Å²) >= 11 is 5.92. The molecule has 0 N–H and O–H groups in total. The minimum Gasteiger partial charge on any atom is -0.497 e. The molecule has 2 aromatic rings. The van der Waals surface area contributed by atoms with Crippen molar-refractivity contribution in [1.29, 1.82) is 0 Å². The minimum atomic E-state index is 0.160. The molecular formula is C19H18ClNO2. The molecule has 0 unspecified atom stereocenters. The second-order valence-corrected chi connectivity index (χ2v) is 5.96. The van der Waals surface area contributed by atoms with Crippen LogP contribution in [0.4, 0.5) is 0 Å². The molecule has 0 aliphatic carbocycles. The van der Waals surface area contributed by atoms with Crippen molar-refractivity contribution in [2.45, 2.75) is 19.4 Å². The molecule has 1 fully saturated rings. The Morgan fingerprint density at radius 1 is 1.17 bits per heavy atom. The number of hydrogen-bond acceptors (Lipinski definition) is 2. The average Bonchev–Trinajstić information content (AvgIpc) is 2.90. The van der Waals surface area contributed by atoms with Crippen molar-refractivity contribution in [3.63, 3.8) is 0 Å². The van der Waals surface area contributed by atoms with Crippen LogP contribution in [0.3, 0.4) is 0 Å². The van der Waals surface area contributed by atoms with E-state index in [0.717, 1.165) is 29.0 Å². The van der Waals surface area contributed by atoms with Crippen molar-refractivity contribution < 1.29 is 9.53 Å². The third-order valence-corrected chi connectivity index (χ3v) is 4.17. The van der Waals surface area contributed by atoms with Crippen molar-refractivity contribution in [1.82, 2.24) is 4.90 Å². The molecule has 118 valence electrons. The van der Waals surface area contributed by atoms with Crippen LogP contribution in [0.5, 0.6) is 5.75 Å². The molecule has 1 aliphatic heterocycles. The maximum absolute atomic E-state index is 12.2. The highest BCUT2D eigenvalue weighted by atomic mass is 35.5. The van der Waals surface area contributed by atoms with Crippen LogP contribution >= 0.6 is 11.6 Å². The molecule has 0 saturated carbocycles. The molecule has 1 amide bonds. The van der Waals surface area contributed by atoms with Gasteiger partial charge in [0, 0.05) is 17.1 Å². The lowest BCUT2D eigenvalue weighted by Crippen LogP contribution is -2.22. The number of benzene rings is 2. The van der Waals surface area contributed by atoms with E-state index in [1.807, 2.05) is 53.4 Å². The first-order valence-electron chi connectivity index (χ1n) is 7.55. The van der Waals surface area contributed by atoms with E-state index in [1.165, 1.54) is 0 Å². The lowest BCUT2D eigenvalue weighted by atomic mass is 10.1. The summed E-state index contributed by atoms with van der Waals surface area (Å²) in [5, 5.41) is 0.711. The molecule has 0 bridgehead atoms. The van der Waals surface area contributed by atoms with Gasteiger partial charge < -0.3 is 9.64 Å². The van der Waals surface area contributed by atoms with Crippen molar-refractivity contribution in [2.75, 3.05) is 7.11 Å². The number of allylic oxidation sites excluding steroid dienone is 1. The number of hydrogen-bond donors (Lipinski definition) is 0. The Balaban J connectivity index is 1.83. The van der Waals surface area contributed by atoms with Crippen LogP contribution in [0.25, 0.3) is 6.08 Å². The Labute approximate surface area is 141 Å². The van der Waals surface area contributed by atoms with E-state index in [2.05, 4.69) is 6.08 Å². The Kier molecular flexibility index (Phi) is 4.68. The fourth-order valence-corrected chi connectivity index (χ4v) is 2.84. The summed E-state index contributed by atoms with van der Waals surface area (Å²) in [5.41, 5.74) is 3.15. The van der Waals surface area contributed by atoms with E-state index in [0.29, 0.717) is 18.0 Å². The largest absolute Gasteiger partial charge is 0.497 e. The molecule has 0 atom stereocenters. The molecule has 3 nitrogen and oxygen atoms in total. The number of ether oxygens (including phenoxy) is 1. The van der Waals surface area contributed by atoms with Gasteiger partial charge in [0.1, 0.15) is 5.75 Å². The lowest BCUT2D eigenvalue weighted by Gasteiger charge is -2.19. The smallest absolute Gasteiger partial charge is 0.227 e. The molecular weight excluding hydrogens is 310 g/mol. The molecule has 2 aromatic carbocycles. The monoisotopic (exact) mass is 327 g/mol. The zero-order chi connectivity index (χ0) is 16.2. The Hall–Kier alpha value is -2.26. The van der Waals surface area contributed by atoms with E-state index < -0.39 is 0 Å². The minimum absolute atomic E-state index is 0.160. The molecule has 0 radical (unpaired) electrons. The van der Waals surface area contributed by atoms with Crippen LogP contribution in [0.1, 0.15) is 24.0 Å². The number of carbonyl (C=O) groups is 1. The van der Waals surface area contributed by atoms with Gasteiger partial charge in [-0.1, -0.05) is 35.9 Å². The average molecular weight is 328 g/mol. The SMILES string of the molecule is COc1cccc(CN2C(=O)CC/C2=C\c2ccc(Cl)cc2)c1. The topological polar surface area (TPSA) is 29.5 Å². The zero-order valence-corrected chi connectivity index (χ0v) is 13.7. The quantitative estimate of drug-likeness (QED) is 0.826. The van der Waals surface area contributed by atoms with Crippen molar-refractivity contribution in [3.8, 4) is 5.75 Å². The summed E-state index contributed by atoms with van der Waals surface area (Å²) in [7, 11) is 1.64. The number of amides is 1. The molecule has 23 heavy (non-hydrogen) atoms. The van der Waals surface area contributed by atoms with Gasteiger partial charge in [0.25, 0.3) is 0 Å². The van der Waals surface area contributed by atoms with Gasteiger partial charge >= 0.3 is 0 Å². The number of methoxy groups -OCH3 is 1. The predicted molar refractivity (Wildman–Crippen MR) is 92.2 cm³/mol. The van der Waals surface area contributed by atoms with Gasteiger partial charge in [-0.15, -0.1) is 0 Å². The van der Waals surface area contributed by atoms with Crippen LogP contribution in [0.2, 0.25) is 5.02 Å². The van der Waals surface area contributed by atoms with Gasteiger partial charge in [0.15, 0.2) is 0 Å². The standard InChI is InChI=1S/C19H18ClNO2/c1-23-18-4-2-3-15(12-18)13-21-17(9-10-19(21)22)11-14-5-7-16(20)8-6-14/h2-8,11-12H,9-10,13H2,1H3/b17-11+. The lowest BCUT2D eigenvalue weighted by molar-refractivity contribution is -0.127. The van der Waals surface area contributed by atoms with Gasteiger partial charge in [-0.05, 0) is 47.9 Å². The second-order valence-electron chi connectivity index (χ2n) is 5.52. The molecule has 4 heteroatoms. The van der Waals surface area contributed by atoms with Crippen LogP contribution < -0.4 is 4.74 Å². The van der Waals surface area contributed by atoms with Crippen LogP contribution in [-0.4, -0.2) is 17.9 Å². The maximum Gasteiger partial charge on any atom is 0.227 e. The van der Waals surface area contributed by atoms with Gasteiger partial charge in [-0.25, -0.2) is 0 Å². The molecule has 3 rings (SSSR count). The first-order valence-corrected chi connectivity index (χ1v) is 7.93. The fourth-order valence-electron chi connectivity index (χ4n) is 2.71. The second kappa shape index (κ2) is 6.88. The molecule has 1 aliphatic rings. The van der Waals surface area contributed by atoms with E-state index in [4.69, 9.17) is 16.3 Å². The molecule has 1 heterocycles. The third kappa shape index (κ3) is 3.74. The van der Waals surface area contributed by atoms with Gasteiger partial charge in [-0.3, -0.25) is 4.79 Å². The third-order valence-electron chi connectivity index (χ3n) is 3.92. The van der Waals surface area contributed by atoms with Gasteiger partial charge in [-0.2, -0.15) is 0 Å². The van der Waals surface area contributed by atoms with E-state index in [9.17, 15) is 4.79 Å². The number of carbonyl (C=O) groups excluding carboxylic acids is 1. The van der Waals surface area contributed by atoms with Gasteiger partial charge in [0.05, 0.1) is 13.7 Å². The Morgan fingerprint density at radius 3 is 2.70 bits per heavy atom. The van der Waals surface area contributed by atoms with Crippen LogP contribution in [0, 0.1) is 0 Å². The predicted octanol–water partition coefficient (Wildman–Crippen LogP) is 4.51. The highest BCUT2D eigenvalue weighted by molar-refractivity contribution is 6.30. The number of nitrogens with zero attached hydrogens (tertiary/aromatic N) is 1. The normalized spacial score (nSPS) is 16.2. The molecule has 1 saturated heterocycles. The number of halogens is 1. The van der Waals surface area contributed by atoms with Crippen LogP contribution in [-0.2, 0) is 11.3 Å². The summed E-state index contributed by atoms with van der Waals surface area (Å²) in [5.74, 6) is 0.963. The number of rotatable bonds is 4.